The average Bonchev–Trinajstić information content (AvgIpc) is 2.68. The molecule has 19 heavy (non-hydrogen) atoms. The summed E-state index contributed by atoms with van der Waals surface area (Å²) in [5.74, 6) is 0.456. The number of halogens is 2. The van der Waals surface area contributed by atoms with Crippen LogP contribution in [0, 0.1) is 11.7 Å². The molecule has 6 heteroatoms. The third-order valence-electron chi connectivity index (χ3n) is 3.60. The molecule has 1 aliphatic heterocycles. The van der Waals surface area contributed by atoms with Crippen LogP contribution in [0.25, 0.3) is 11.0 Å². The molecule has 3 rings (SSSR count). The largest absolute Gasteiger partial charge is 0.381 e. The van der Waals surface area contributed by atoms with Crippen LogP contribution < -0.4 is 5.73 Å². The van der Waals surface area contributed by atoms with E-state index in [-0.39, 0.29) is 5.02 Å². The summed E-state index contributed by atoms with van der Waals surface area (Å²) in [4.78, 5) is 4.24. The standard InChI is InChI=1S/C13H15ClFN3O/c14-9-5-11-12(6-10(9)15)18(13(16)17-11)7-8-1-3-19-4-2-8/h5-6,8H,1-4,7H2,(H2,16,17). The molecular weight excluding hydrogens is 269 g/mol. The Morgan fingerprint density at radius 2 is 2.16 bits per heavy atom. The monoisotopic (exact) mass is 283 g/mol. The van der Waals surface area contributed by atoms with Gasteiger partial charge in [0.2, 0.25) is 5.95 Å². The fourth-order valence-electron chi connectivity index (χ4n) is 2.52. The number of imidazole rings is 1. The Kier molecular flexibility index (Phi) is 3.33. The molecule has 1 fully saturated rings. The molecule has 0 radical (unpaired) electrons. The zero-order valence-corrected chi connectivity index (χ0v) is 11.2. The van der Waals surface area contributed by atoms with Crippen LogP contribution in [0.3, 0.4) is 0 Å². The van der Waals surface area contributed by atoms with Gasteiger partial charge >= 0.3 is 0 Å². The molecule has 1 saturated heterocycles. The molecule has 0 amide bonds. The first-order valence-electron chi connectivity index (χ1n) is 6.33. The number of nitrogens with two attached hydrogens (primary N) is 1. The van der Waals surface area contributed by atoms with Crippen LogP contribution >= 0.6 is 11.6 Å². The molecule has 1 aromatic heterocycles. The third-order valence-corrected chi connectivity index (χ3v) is 3.89. The first-order valence-corrected chi connectivity index (χ1v) is 6.71. The van der Waals surface area contributed by atoms with E-state index in [2.05, 4.69) is 4.98 Å². The summed E-state index contributed by atoms with van der Waals surface area (Å²) >= 11 is 5.76. The maximum absolute atomic E-state index is 13.6. The first kappa shape index (κ1) is 12.7. The first-order chi connectivity index (χ1) is 9.15. The zero-order chi connectivity index (χ0) is 13.4. The Hall–Kier alpha value is -1.33. The summed E-state index contributed by atoms with van der Waals surface area (Å²) < 4.78 is 20.8. The van der Waals surface area contributed by atoms with Crippen molar-refractivity contribution in [3.05, 3.63) is 23.0 Å². The number of nitrogen functional groups attached to an aromatic ring is 1. The van der Waals surface area contributed by atoms with Crippen molar-refractivity contribution in [3.8, 4) is 0 Å². The molecule has 0 saturated carbocycles. The minimum absolute atomic E-state index is 0.0724. The van der Waals surface area contributed by atoms with E-state index in [1.165, 1.54) is 12.1 Å². The van der Waals surface area contributed by atoms with Crippen molar-refractivity contribution >= 4 is 28.6 Å². The van der Waals surface area contributed by atoms with Crippen LogP contribution in [0.2, 0.25) is 5.02 Å². The molecule has 0 aliphatic carbocycles. The fourth-order valence-corrected chi connectivity index (χ4v) is 2.68. The number of rotatable bonds is 2. The fraction of sp³-hybridized carbons (Fsp3) is 0.462. The molecule has 2 aromatic rings. The smallest absolute Gasteiger partial charge is 0.201 e. The van der Waals surface area contributed by atoms with Gasteiger partial charge in [0.1, 0.15) is 5.82 Å². The molecule has 4 nitrogen and oxygen atoms in total. The number of hydrogen-bond acceptors (Lipinski definition) is 3. The summed E-state index contributed by atoms with van der Waals surface area (Å²) in [5.41, 5.74) is 7.26. The maximum Gasteiger partial charge on any atom is 0.201 e. The van der Waals surface area contributed by atoms with Gasteiger partial charge in [0.15, 0.2) is 0 Å². The second-order valence-corrected chi connectivity index (χ2v) is 5.30. The highest BCUT2D eigenvalue weighted by Gasteiger charge is 2.18. The lowest BCUT2D eigenvalue weighted by molar-refractivity contribution is 0.0617. The van der Waals surface area contributed by atoms with Gasteiger partial charge in [0.05, 0.1) is 16.1 Å². The predicted octanol–water partition coefficient (Wildman–Crippen LogP) is 2.84. The number of benzene rings is 1. The summed E-state index contributed by atoms with van der Waals surface area (Å²) in [6, 6.07) is 2.92. The van der Waals surface area contributed by atoms with E-state index in [1.807, 2.05) is 4.57 Å². The molecular formula is C13H15ClFN3O. The van der Waals surface area contributed by atoms with Gasteiger partial charge in [-0.15, -0.1) is 0 Å². The van der Waals surface area contributed by atoms with E-state index >= 15 is 0 Å². The van der Waals surface area contributed by atoms with Gasteiger partial charge in [-0.1, -0.05) is 11.6 Å². The van der Waals surface area contributed by atoms with Crippen molar-refractivity contribution in [1.29, 1.82) is 0 Å². The zero-order valence-electron chi connectivity index (χ0n) is 10.4. The second-order valence-electron chi connectivity index (χ2n) is 4.89. The van der Waals surface area contributed by atoms with Crippen LogP contribution in [0.5, 0.6) is 0 Å². The van der Waals surface area contributed by atoms with Crippen molar-refractivity contribution in [2.45, 2.75) is 19.4 Å². The van der Waals surface area contributed by atoms with Gasteiger partial charge in [-0.25, -0.2) is 9.37 Å². The highest BCUT2D eigenvalue weighted by Crippen LogP contribution is 2.27. The molecule has 0 bridgehead atoms. The number of fused-ring (bicyclic) bond motifs is 1. The van der Waals surface area contributed by atoms with Crippen LogP contribution in [-0.4, -0.2) is 22.8 Å². The van der Waals surface area contributed by atoms with Crippen molar-refractivity contribution in [2.75, 3.05) is 18.9 Å². The summed E-state index contributed by atoms with van der Waals surface area (Å²) in [6.45, 7) is 2.29. The van der Waals surface area contributed by atoms with Crippen molar-refractivity contribution in [1.82, 2.24) is 9.55 Å². The van der Waals surface area contributed by atoms with E-state index in [4.69, 9.17) is 22.1 Å². The molecule has 2 N–H and O–H groups in total. The predicted molar refractivity (Wildman–Crippen MR) is 72.7 cm³/mol. The molecule has 0 unspecified atom stereocenters. The van der Waals surface area contributed by atoms with E-state index < -0.39 is 5.82 Å². The van der Waals surface area contributed by atoms with E-state index in [1.54, 1.807) is 0 Å². The lowest BCUT2D eigenvalue weighted by Gasteiger charge is -2.23. The van der Waals surface area contributed by atoms with Crippen LogP contribution in [0.4, 0.5) is 10.3 Å². The Morgan fingerprint density at radius 3 is 2.89 bits per heavy atom. The summed E-state index contributed by atoms with van der Waals surface area (Å²) in [7, 11) is 0. The molecule has 2 heterocycles. The quantitative estimate of drug-likeness (QED) is 0.922. The minimum atomic E-state index is -0.442. The van der Waals surface area contributed by atoms with Crippen molar-refractivity contribution < 1.29 is 9.13 Å². The number of aromatic nitrogens is 2. The maximum atomic E-state index is 13.6. The molecule has 1 aliphatic rings. The van der Waals surface area contributed by atoms with Gasteiger partial charge < -0.3 is 15.0 Å². The van der Waals surface area contributed by atoms with Crippen molar-refractivity contribution in [2.24, 2.45) is 5.92 Å². The molecule has 0 spiro atoms. The molecule has 1 aromatic carbocycles. The SMILES string of the molecule is Nc1nc2cc(Cl)c(F)cc2n1CC1CCOCC1. The van der Waals surface area contributed by atoms with Crippen molar-refractivity contribution in [3.63, 3.8) is 0 Å². The number of hydrogen-bond donors (Lipinski definition) is 1. The second kappa shape index (κ2) is 4.98. The van der Waals surface area contributed by atoms with Gasteiger partial charge in [0.25, 0.3) is 0 Å². The number of anilines is 1. The van der Waals surface area contributed by atoms with Crippen LogP contribution in [-0.2, 0) is 11.3 Å². The highest BCUT2D eigenvalue weighted by molar-refractivity contribution is 6.31. The Balaban J connectivity index is 1.97. The third kappa shape index (κ3) is 2.40. The van der Waals surface area contributed by atoms with E-state index in [0.717, 1.165) is 32.6 Å². The van der Waals surface area contributed by atoms with Crippen LogP contribution in [0.15, 0.2) is 12.1 Å². The summed E-state index contributed by atoms with van der Waals surface area (Å²) in [5, 5.41) is 0.0724. The Morgan fingerprint density at radius 1 is 1.42 bits per heavy atom. The Bertz CT molecular complexity index is 607. The van der Waals surface area contributed by atoms with E-state index in [0.29, 0.717) is 22.9 Å². The van der Waals surface area contributed by atoms with Gasteiger partial charge in [0, 0.05) is 25.8 Å². The normalized spacial score (nSPS) is 17.2. The average molecular weight is 284 g/mol. The van der Waals surface area contributed by atoms with Gasteiger partial charge in [-0.05, 0) is 24.8 Å². The van der Waals surface area contributed by atoms with Gasteiger partial charge in [-0.2, -0.15) is 0 Å². The highest BCUT2D eigenvalue weighted by atomic mass is 35.5. The van der Waals surface area contributed by atoms with E-state index in [9.17, 15) is 4.39 Å². The summed E-state index contributed by atoms with van der Waals surface area (Å²) in [6.07, 6.45) is 1.99. The van der Waals surface area contributed by atoms with Crippen LogP contribution in [0.1, 0.15) is 12.8 Å². The minimum Gasteiger partial charge on any atom is -0.381 e. The Labute approximate surface area is 115 Å². The topological polar surface area (TPSA) is 53.1 Å². The number of ether oxygens (including phenoxy) is 1. The lowest BCUT2D eigenvalue weighted by Crippen LogP contribution is -2.21. The number of nitrogens with zero attached hydrogens (tertiary/aromatic N) is 2. The van der Waals surface area contributed by atoms with Gasteiger partial charge in [-0.3, -0.25) is 0 Å². The molecule has 102 valence electrons. The molecule has 0 atom stereocenters. The lowest BCUT2D eigenvalue weighted by atomic mass is 10.0.